The van der Waals surface area contributed by atoms with Crippen molar-refractivity contribution in [1.82, 2.24) is 4.90 Å². The molecule has 1 aliphatic rings. The molecule has 0 bridgehead atoms. The number of rotatable bonds is 10. The van der Waals surface area contributed by atoms with Crippen molar-refractivity contribution in [1.29, 1.82) is 0 Å². The van der Waals surface area contributed by atoms with Crippen molar-refractivity contribution >= 4 is 23.1 Å². The van der Waals surface area contributed by atoms with Crippen LogP contribution in [0.4, 0.5) is 11.4 Å². The van der Waals surface area contributed by atoms with Gasteiger partial charge in [-0.1, -0.05) is 30.3 Å². The molecule has 0 aliphatic carbocycles. The minimum atomic E-state index is -0.418. The average Bonchev–Trinajstić information content (AvgIpc) is 2.91. The fourth-order valence-corrected chi connectivity index (χ4v) is 4.18. The van der Waals surface area contributed by atoms with Crippen LogP contribution < -0.4 is 21.5 Å². The highest BCUT2D eigenvalue weighted by Gasteiger charge is 2.16. The molecule has 3 aromatic carbocycles. The van der Waals surface area contributed by atoms with Gasteiger partial charge in [0.1, 0.15) is 18.2 Å². The van der Waals surface area contributed by atoms with E-state index in [1.165, 1.54) is 0 Å². The molecule has 5 N–H and O–H groups in total. The van der Waals surface area contributed by atoms with E-state index in [-0.39, 0.29) is 5.84 Å². The first-order chi connectivity index (χ1) is 18.0. The van der Waals surface area contributed by atoms with Crippen LogP contribution in [0.3, 0.4) is 0 Å². The van der Waals surface area contributed by atoms with Gasteiger partial charge in [-0.2, -0.15) is 4.99 Å². The van der Waals surface area contributed by atoms with E-state index < -0.39 is 5.91 Å². The van der Waals surface area contributed by atoms with Gasteiger partial charge in [0.15, 0.2) is 0 Å². The molecule has 0 unspecified atom stereocenters. The maximum Gasteiger partial charge on any atom is 0.278 e. The molecule has 0 radical (unpaired) electrons. The average molecular weight is 502 g/mol. The van der Waals surface area contributed by atoms with E-state index in [4.69, 9.17) is 20.9 Å². The van der Waals surface area contributed by atoms with Gasteiger partial charge in [-0.05, 0) is 74.9 Å². The van der Waals surface area contributed by atoms with Crippen LogP contribution in [0, 0.1) is 0 Å². The van der Waals surface area contributed by atoms with Crippen molar-refractivity contribution in [3.05, 3.63) is 89.5 Å². The summed E-state index contributed by atoms with van der Waals surface area (Å²) < 4.78 is 11.3. The standard InChI is InChI=1S/C29H35N5O3/c1-34-15-13-24(14-16-34)32-23-9-7-22(8-10-23)29(35)33-28(31)26-12-11-25(19-27(26)30)37-18-17-36-20-21-5-3-2-4-6-21/h2-12,19,24,32H,13-18,20,30H2,1H3,(H2,31,33,35). The zero-order valence-electron chi connectivity index (χ0n) is 21.2. The summed E-state index contributed by atoms with van der Waals surface area (Å²) in [5, 5.41) is 3.54. The highest BCUT2D eigenvalue weighted by atomic mass is 16.5. The molecule has 1 saturated heterocycles. The fraction of sp³-hybridized carbons (Fsp3) is 0.310. The molecule has 4 rings (SSSR count). The number of nitrogens with zero attached hydrogens (tertiary/aromatic N) is 2. The predicted molar refractivity (Wildman–Crippen MR) is 148 cm³/mol. The number of nitrogens with one attached hydrogen (secondary N) is 1. The smallest absolute Gasteiger partial charge is 0.278 e. The lowest BCUT2D eigenvalue weighted by Crippen LogP contribution is -2.36. The van der Waals surface area contributed by atoms with Crippen LogP contribution in [0.2, 0.25) is 0 Å². The molecule has 1 fully saturated rings. The molecule has 0 saturated carbocycles. The van der Waals surface area contributed by atoms with E-state index in [2.05, 4.69) is 22.3 Å². The Hall–Kier alpha value is -3.88. The second kappa shape index (κ2) is 12.9. The van der Waals surface area contributed by atoms with Gasteiger partial charge in [0.05, 0.1) is 13.2 Å². The molecule has 3 aromatic rings. The van der Waals surface area contributed by atoms with E-state index in [0.29, 0.717) is 48.4 Å². The summed E-state index contributed by atoms with van der Waals surface area (Å²) in [4.78, 5) is 19.1. The predicted octanol–water partition coefficient (Wildman–Crippen LogP) is 3.92. The van der Waals surface area contributed by atoms with Crippen molar-refractivity contribution in [3.63, 3.8) is 0 Å². The maximum atomic E-state index is 12.7. The lowest BCUT2D eigenvalue weighted by atomic mass is 10.0. The number of aliphatic imine (C=N–C) groups is 1. The molecule has 194 valence electrons. The van der Waals surface area contributed by atoms with Crippen molar-refractivity contribution < 1.29 is 14.3 Å². The summed E-state index contributed by atoms with van der Waals surface area (Å²) in [5.41, 5.74) is 15.7. The van der Waals surface area contributed by atoms with Crippen molar-refractivity contribution in [3.8, 4) is 5.75 Å². The Morgan fingerprint density at radius 3 is 2.46 bits per heavy atom. The number of amidine groups is 1. The minimum Gasteiger partial charge on any atom is -0.491 e. The summed E-state index contributed by atoms with van der Waals surface area (Å²) in [5.74, 6) is 0.240. The first-order valence-corrected chi connectivity index (χ1v) is 12.6. The topological polar surface area (TPSA) is 115 Å². The third-order valence-corrected chi connectivity index (χ3v) is 6.35. The van der Waals surface area contributed by atoms with Gasteiger partial charge >= 0.3 is 0 Å². The first kappa shape index (κ1) is 26.2. The monoisotopic (exact) mass is 501 g/mol. The summed E-state index contributed by atoms with van der Waals surface area (Å²) in [6.45, 7) is 3.53. The summed E-state index contributed by atoms with van der Waals surface area (Å²) in [7, 11) is 2.14. The van der Waals surface area contributed by atoms with Gasteiger partial charge in [0, 0.05) is 34.6 Å². The van der Waals surface area contributed by atoms with Crippen LogP contribution in [-0.4, -0.2) is 56.0 Å². The van der Waals surface area contributed by atoms with Crippen molar-refractivity contribution in [2.75, 3.05) is 44.4 Å². The normalized spacial score (nSPS) is 14.9. The Morgan fingerprint density at radius 2 is 1.76 bits per heavy atom. The molecular formula is C29H35N5O3. The SMILES string of the molecule is CN1CCC(Nc2ccc(C(=O)N=C(N)c3ccc(OCCOCc4ccccc4)cc3N)cc2)CC1. The molecule has 0 atom stereocenters. The molecule has 1 aliphatic heterocycles. The number of piperidine rings is 1. The van der Waals surface area contributed by atoms with Crippen LogP contribution in [0.25, 0.3) is 0 Å². The fourth-order valence-electron chi connectivity index (χ4n) is 4.18. The van der Waals surface area contributed by atoms with Gasteiger partial charge in [-0.15, -0.1) is 0 Å². The quantitative estimate of drug-likeness (QED) is 0.167. The van der Waals surface area contributed by atoms with Gasteiger partial charge in [0.2, 0.25) is 0 Å². The van der Waals surface area contributed by atoms with Gasteiger partial charge in [-0.3, -0.25) is 4.79 Å². The Balaban J connectivity index is 1.27. The number of carbonyl (C=O) groups excluding carboxylic acids is 1. The third kappa shape index (κ3) is 7.80. The number of carbonyl (C=O) groups is 1. The number of amides is 1. The molecular weight excluding hydrogens is 466 g/mol. The summed E-state index contributed by atoms with van der Waals surface area (Å²) >= 11 is 0. The Labute approximate surface area is 218 Å². The number of nitrogens with two attached hydrogens (primary N) is 2. The number of likely N-dealkylation sites (tertiary alicyclic amines) is 1. The summed E-state index contributed by atoms with van der Waals surface area (Å²) in [6, 6.07) is 22.9. The van der Waals surface area contributed by atoms with E-state index in [1.807, 2.05) is 42.5 Å². The number of nitrogen functional groups attached to an aromatic ring is 1. The van der Waals surface area contributed by atoms with E-state index in [9.17, 15) is 4.79 Å². The van der Waals surface area contributed by atoms with Gasteiger partial charge in [0.25, 0.3) is 5.91 Å². The minimum absolute atomic E-state index is 0.0637. The van der Waals surface area contributed by atoms with E-state index in [0.717, 1.165) is 37.2 Å². The zero-order chi connectivity index (χ0) is 26.0. The molecule has 0 aromatic heterocycles. The van der Waals surface area contributed by atoms with Crippen LogP contribution in [0.1, 0.15) is 34.3 Å². The second-order valence-electron chi connectivity index (χ2n) is 9.24. The second-order valence-corrected chi connectivity index (χ2v) is 9.24. The lowest BCUT2D eigenvalue weighted by Gasteiger charge is -2.30. The first-order valence-electron chi connectivity index (χ1n) is 12.6. The molecule has 37 heavy (non-hydrogen) atoms. The van der Waals surface area contributed by atoms with Gasteiger partial charge < -0.3 is 31.2 Å². The van der Waals surface area contributed by atoms with Crippen LogP contribution in [-0.2, 0) is 11.3 Å². The van der Waals surface area contributed by atoms with Crippen LogP contribution in [0.15, 0.2) is 77.8 Å². The number of hydrogen-bond donors (Lipinski definition) is 3. The highest BCUT2D eigenvalue weighted by Crippen LogP contribution is 2.21. The van der Waals surface area contributed by atoms with E-state index >= 15 is 0 Å². The van der Waals surface area contributed by atoms with Crippen molar-refractivity contribution in [2.45, 2.75) is 25.5 Å². The Kier molecular flexibility index (Phi) is 9.13. The van der Waals surface area contributed by atoms with Crippen LogP contribution >= 0.6 is 0 Å². The highest BCUT2D eigenvalue weighted by molar-refractivity contribution is 6.11. The molecule has 8 nitrogen and oxygen atoms in total. The zero-order valence-corrected chi connectivity index (χ0v) is 21.2. The largest absolute Gasteiger partial charge is 0.491 e. The Bertz CT molecular complexity index is 1190. The van der Waals surface area contributed by atoms with E-state index in [1.54, 1.807) is 30.3 Å². The molecule has 8 heteroatoms. The van der Waals surface area contributed by atoms with Gasteiger partial charge in [-0.25, -0.2) is 0 Å². The number of anilines is 2. The van der Waals surface area contributed by atoms with Crippen LogP contribution in [0.5, 0.6) is 5.75 Å². The number of benzene rings is 3. The molecule has 1 heterocycles. The third-order valence-electron chi connectivity index (χ3n) is 6.35. The summed E-state index contributed by atoms with van der Waals surface area (Å²) in [6.07, 6.45) is 2.20. The maximum absolute atomic E-state index is 12.7. The number of hydrogen-bond acceptors (Lipinski definition) is 6. The van der Waals surface area contributed by atoms with Crippen molar-refractivity contribution in [2.24, 2.45) is 10.7 Å². The number of ether oxygens (including phenoxy) is 2. The Morgan fingerprint density at radius 1 is 1.03 bits per heavy atom. The molecule has 0 spiro atoms. The lowest BCUT2D eigenvalue weighted by molar-refractivity contribution is 0.0889. The molecule has 1 amide bonds.